The lowest BCUT2D eigenvalue weighted by molar-refractivity contribution is -0.901. The first-order chi connectivity index (χ1) is 13.0. The Hall–Kier alpha value is -3.19. The van der Waals surface area contributed by atoms with Crippen molar-refractivity contribution in [2.45, 2.75) is 19.4 Å². The maximum Gasteiger partial charge on any atom is 0.269 e. The van der Waals surface area contributed by atoms with Crippen molar-refractivity contribution in [1.29, 1.82) is 0 Å². The Balaban J connectivity index is 1.64. The summed E-state index contributed by atoms with van der Waals surface area (Å²) >= 11 is 0. The van der Waals surface area contributed by atoms with E-state index in [0.29, 0.717) is 29.0 Å². The van der Waals surface area contributed by atoms with E-state index in [1.807, 2.05) is 0 Å². The SMILES string of the molecule is O=C1/C(=C\c2ccc([N+](=O)[O-])cc2)Oc2c1ccc(O)c2C[NH+]1CCCC1. The van der Waals surface area contributed by atoms with E-state index in [1.54, 1.807) is 30.3 Å². The Morgan fingerprint density at radius 3 is 2.52 bits per heavy atom. The summed E-state index contributed by atoms with van der Waals surface area (Å²) in [6.07, 6.45) is 3.89. The number of hydrogen-bond donors (Lipinski definition) is 2. The van der Waals surface area contributed by atoms with Crippen molar-refractivity contribution in [2.75, 3.05) is 13.1 Å². The van der Waals surface area contributed by atoms with Crippen LogP contribution >= 0.6 is 0 Å². The van der Waals surface area contributed by atoms with Crippen LogP contribution in [0, 0.1) is 10.1 Å². The number of ketones is 1. The fourth-order valence-corrected chi connectivity index (χ4v) is 3.61. The van der Waals surface area contributed by atoms with Gasteiger partial charge in [-0.3, -0.25) is 14.9 Å². The number of fused-ring (bicyclic) bond motifs is 1. The van der Waals surface area contributed by atoms with Crippen LogP contribution in [0.5, 0.6) is 11.5 Å². The quantitative estimate of drug-likeness (QED) is 0.490. The van der Waals surface area contributed by atoms with Crippen LogP contribution in [0.15, 0.2) is 42.2 Å². The van der Waals surface area contributed by atoms with E-state index < -0.39 is 4.92 Å². The van der Waals surface area contributed by atoms with Crippen LogP contribution in [-0.2, 0) is 6.54 Å². The molecule has 0 bridgehead atoms. The van der Waals surface area contributed by atoms with Gasteiger partial charge in [0.25, 0.3) is 5.69 Å². The van der Waals surface area contributed by atoms with Crippen LogP contribution in [0.2, 0.25) is 0 Å². The zero-order valence-corrected chi connectivity index (χ0v) is 14.6. The molecule has 2 heterocycles. The second kappa shape index (κ2) is 6.85. The Bertz CT molecular complexity index is 944. The summed E-state index contributed by atoms with van der Waals surface area (Å²) in [4.78, 5) is 24.3. The van der Waals surface area contributed by atoms with Crippen molar-refractivity contribution in [1.82, 2.24) is 0 Å². The van der Waals surface area contributed by atoms with E-state index >= 15 is 0 Å². The van der Waals surface area contributed by atoms with E-state index in [-0.39, 0.29) is 23.0 Å². The van der Waals surface area contributed by atoms with Crippen molar-refractivity contribution >= 4 is 17.5 Å². The number of carbonyl (C=O) groups is 1. The first kappa shape index (κ1) is 17.2. The largest absolute Gasteiger partial charge is 0.507 e. The van der Waals surface area contributed by atoms with Crippen LogP contribution in [-0.4, -0.2) is 28.9 Å². The van der Waals surface area contributed by atoms with Gasteiger partial charge in [-0.05, 0) is 35.9 Å². The molecule has 0 unspecified atom stereocenters. The van der Waals surface area contributed by atoms with Crippen molar-refractivity contribution in [2.24, 2.45) is 0 Å². The minimum Gasteiger partial charge on any atom is -0.507 e. The molecule has 27 heavy (non-hydrogen) atoms. The molecule has 138 valence electrons. The number of phenols is 1. The molecule has 1 saturated heterocycles. The molecule has 4 rings (SSSR count). The van der Waals surface area contributed by atoms with E-state index in [9.17, 15) is 20.0 Å². The normalized spacial score (nSPS) is 17.9. The second-order valence-electron chi connectivity index (χ2n) is 6.86. The van der Waals surface area contributed by atoms with E-state index in [0.717, 1.165) is 25.9 Å². The van der Waals surface area contributed by atoms with Crippen LogP contribution in [0.1, 0.15) is 34.3 Å². The van der Waals surface area contributed by atoms with Crippen LogP contribution in [0.4, 0.5) is 5.69 Å². The number of allylic oxidation sites excluding steroid dienone is 1. The van der Waals surface area contributed by atoms with Gasteiger partial charge in [-0.2, -0.15) is 0 Å². The topological polar surface area (TPSA) is 94.1 Å². The Morgan fingerprint density at radius 2 is 1.85 bits per heavy atom. The molecule has 1 fully saturated rings. The minimum absolute atomic E-state index is 0.0140. The first-order valence-electron chi connectivity index (χ1n) is 8.90. The highest BCUT2D eigenvalue weighted by Gasteiger charge is 2.33. The number of nitro benzene ring substituents is 1. The molecule has 2 N–H and O–H groups in total. The van der Waals surface area contributed by atoms with Gasteiger partial charge in [0, 0.05) is 25.0 Å². The third-order valence-electron chi connectivity index (χ3n) is 5.06. The fourth-order valence-electron chi connectivity index (χ4n) is 3.61. The number of hydrogen-bond acceptors (Lipinski definition) is 5. The van der Waals surface area contributed by atoms with E-state index in [4.69, 9.17) is 4.74 Å². The molecule has 2 aromatic carbocycles. The minimum atomic E-state index is -0.472. The molecular formula is C20H19N2O5+. The number of benzene rings is 2. The third kappa shape index (κ3) is 3.29. The molecule has 0 aliphatic carbocycles. The van der Waals surface area contributed by atoms with Gasteiger partial charge in [-0.1, -0.05) is 0 Å². The second-order valence-corrected chi connectivity index (χ2v) is 6.86. The van der Waals surface area contributed by atoms with Crippen molar-refractivity contribution < 1.29 is 24.5 Å². The van der Waals surface area contributed by atoms with Gasteiger partial charge in [0.05, 0.1) is 29.1 Å². The number of non-ortho nitro benzene ring substituents is 1. The fraction of sp³-hybridized carbons (Fsp3) is 0.250. The molecule has 2 aliphatic heterocycles. The number of quaternary nitrogens is 1. The van der Waals surface area contributed by atoms with Crippen LogP contribution in [0.25, 0.3) is 6.08 Å². The number of rotatable bonds is 4. The number of ether oxygens (including phenoxy) is 1. The summed E-state index contributed by atoms with van der Waals surface area (Å²) in [6, 6.07) is 9.02. The summed E-state index contributed by atoms with van der Waals surface area (Å²) < 4.78 is 5.83. The zero-order chi connectivity index (χ0) is 19.0. The molecule has 0 radical (unpaired) electrons. The molecule has 0 aromatic heterocycles. The lowest BCUT2D eigenvalue weighted by Gasteiger charge is -2.15. The lowest BCUT2D eigenvalue weighted by atomic mass is 10.0. The standard InChI is InChI=1S/C20H18N2O5/c23-17-8-7-15-19(24)18(11-13-3-5-14(6-4-13)22(25)26)27-20(15)16(17)12-21-9-1-2-10-21/h3-8,11,23H,1-2,9-10,12H2/p+1/b18-11+. The van der Waals surface area contributed by atoms with Gasteiger partial charge in [-0.25, -0.2) is 0 Å². The summed E-state index contributed by atoms with van der Waals surface area (Å²) in [5, 5.41) is 21.0. The summed E-state index contributed by atoms with van der Waals surface area (Å²) in [6.45, 7) is 2.71. The summed E-state index contributed by atoms with van der Waals surface area (Å²) in [5.41, 5.74) is 1.71. The van der Waals surface area contributed by atoms with Gasteiger partial charge in [0.1, 0.15) is 12.3 Å². The van der Waals surface area contributed by atoms with Gasteiger partial charge in [0.2, 0.25) is 5.78 Å². The number of phenolic OH excluding ortho intramolecular Hbond substituents is 1. The molecule has 7 nitrogen and oxygen atoms in total. The van der Waals surface area contributed by atoms with Gasteiger partial charge in [0.15, 0.2) is 11.5 Å². The molecule has 0 atom stereocenters. The highest BCUT2D eigenvalue weighted by atomic mass is 16.6. The number of Topliss-reactive ketones (excluding diaryl/α,β-unsaturated/α-hetero) is 1. The zero-order valence-electron chi connectivity index (χ0n) is 14.6. The van der Waals surface area contributed by atoms with Crippen LogP contribution in [0.3, 0.4) is 0 Å². The monoisotopic (exact) mass is 367 g/mol. The number of nitro groups is 1. The molecule has 0 amide bonds. The van der Waals surface area contributed by atoms with E-state index in [2.05, 4.69) is 0 Å². The predicted molar refractivity (Wildman–Crippen MR) is 97.8 cm³/mol. The Morgan fingerprint density at radius 1 is 1.15 bits per heavy atom. The molecule has 0 spiro atoms. The lowest BCUT2D eigenvalue weighted by Crippen LogP contribution is -3.08. The number of nitrogens with one attached hydrogen (secondary N) is 1. The number of carbonyl (C=O) groups excluding carboxylic acids is 1. The summed E-state index contributed by atoms with van der Waals surface area (Å²) in [5.74, 6) is 0.466. The van der Waals surface area contributed by atoms with Crippen molar-refractivity contribution in [3.8, 4) is 11.5 Å². The number of likely N-dealkylation sites (tertiary alicyclic amines) is 1. The van der Waals surface area contributed by atoms with Crippen molar-refractivity contribution in [3.05, 3.63) is 69.0 Å². The van der Waals surface area contributed by atoms with Gasteiger partial charge in [-0.15, -0.1) is 0 Å². The smallest absolute Gasteiger partial charge is 0.269 e. The molecule has 7 heteroatoms. The van der Waals surface area contributed by atoms with Gasteiger partial charge < -0.3 is 14.7 Å². The third-order valence-corrected chi connectivity index (χ3v) is 5.06. The number of aromatic hydroxyl groups is 1. The predicted octanol–water partition coefficient (Wildman–Crippen LogP) is 2.10. The Labute approximate surface area is 155 Å². The molecule has 0 saturated carbocycles. The first-order valence-corrected chi connectivity index (χ1v) is 8.90. The Kier molecular flexibility index (Phi) is 4.37. The maximum absolute atomic E-state index is 12.7. The molecule has 2 aliphatic rings. The molecular weight excluding hydrogens is 348 g/mol. The average Bonchev–Trinajstić information content (AvgIpc) is 3.27. The highest BCUT2D eigenvalue weighted by molar-refractivity contribution is 6.15. The average molecular weight is 367 g/mol. The van der Waals surface area contributed by atoms with Crippen LogP contribution < -0.4 is 9.64 Å². The number of nitrogens with zero attached hydrogens (tertiary/aromatic N) is 1. The maximum atomic E-state index is 12.7. The summed E-state index contributed by atoms with van der Waals surface area (Å²) in [7, 11) is 0. The van der Waals surface area contributed by atoms with E-state index in [1.165, 1.54) is 17.0 Å². The highest BCUT2D eigenvalue weighted by Crippen LogP contribution is 2.39. The molecule has 2 aromatic rings. The van der Waals surface area contributed by atoms with Crippen molar-refractivity contribution in [3.63, 3.8) is 0 Å². The van der Waals surface area contributed by atoms with Gasteiger partial charge >= 0.3 is 0 Å².